The zero-order valence-electron chi connectivity index (χ0n) is 11.5. The fourth-order valence-corrected chi connectivity index (χ4v) is 4.18. The third-order valence-corrected chi connectivity index (χ3v) is 5.20. The molecule has 1 aliphatic heterocycles. The molecule has 0 unspecified atom stereocenters. The summed E-state index contributed by atoms with van der Waals surface area (Å²) in [6.45, 7) is 4.22. The minimum absolute atomic E-state index is 0.0755. The summed E-state index contributed by atoms with van der Waals surface area (Å²) in [5, 5.41) is 1.24. The molecular weight excluding hydrogens is 288 g/mol. The summed E-state index contributed by atoms with van der Waals surface area (Å²) in [4.78, 5) is 18.3. The second-order valence-corrected chi connectivity index (χ2v) is 7.39. The van der Waals surface area contributed by atoms with Gasteiger partial charge in [0.1, 0.15) is 0 Å². The van der Waals surface area contributed by atoms with Crippen LogP contribution in [0.3, 0.4) is 0 Å². The largest absolute Gasteiger partial charge is 0.272 e. The molecule has 0 aliphatic carbocycles. The van der Waals surface area contributed by atoms with Crippen molar-refractivity contribution in [2.45, 2.75) is 35.6 Å². The van der Waals surface area contributed by atoms with Crippen molar-refractivity contribution < 1.29 is 0 Å². The van der Waals surface area contributed by atoms with Gasteiger partial charge in [0.25, 0.3) is 5.56 Å². The molecular formula is C15H16N2OS2. The second-order valence-electron chi connectivity index (χ2n) is 4.71. The van der Waals surface area contributed by atoms with Crippen molar-refractivity contribution in [2.24, 2.45) is 0 Å². The number of thioether (sulfide) groups is 2. The number of benzene rings is 1. The van der Waals surface area contributed by atoms with E-state index in [-0.39, 0.29) is 5.56 Å². The van der Waals surface area contributed by atoms with Crippen molar-refractivity contribution in [3.8, 4) is 5.69 Å². The highest BCUT2D eigenvalue weighted by Crippen LogP contribution is 2.34. The number of aromatic nitrogens is 2. The van der Waals surface area contributed by atoms with E-state index in [0.29, 0.717) is 5.25 Å². The molecule has 0 N–H and O–H groups in total. The molecule has 20 heavy (non-hydrogen) atoms. The lowest BCUT2D eigenvalue weighted by Gasteiger charge is -2.12. The Morgan fingerprint density at radius 1 is 1.40 bits per heavy atom. The molecule has 0 saturated heterocycles. The smallest absolute Gasteiger partial charge is 0.268 e. The van der Waals surface area contributed by atoms with Gasteiger partial charge in [-0.2, -0.15) is 0 Å². The van der Waals surface area contributed by atoms with Crippen LogP contribution in [-0.4, -0.2) is 20.6 Å². The van der Waals surface area contributed by atoms with Gasteiger partial charge in [-0.05, 0) is 17.9 Å². The summed E-state index contributed by atoms with van der Waals surface area (Å²) in [5.41, 5.74) is 1.94. The Balaban J connectivity index is 2.23. The van der Waals surface area contributed by atoms with Gasteiger partial charge >= 0.3 is 0 Å². The molecule has 104 valence electrons. The summed E-state index contributed by atoms with van der Waals surface area (Å²) < 4.78 is 1.75. The molecule has 5 heteroatoms. The summed E-state index contributed by atoms with van der Waals surface area (Å²) >= 11 is 3.27. The van der Waals surface area contributed by atoms with Crippen LogP contribution in [0.4, 0.5) is 0 Å². The van der Waals surface area contributed by atoms with Gasteiger partial charge in [0.15, 0.2) is 5.16 Å². The molecule has 3 rings (SSSR count). The van der Waals surface area contributed by atoms with Gasteiger partial charge < -0.3 is 0 Å². The van der Waals surface area contributed by atoms with E-state index >= 15 is 0 Å². The maximum Gasteiger partial charge on any atom is 0.272 e. The predicted octanol–water partition coefficient (Wildman–Crippen LogP) is 3.38. The first-order valence-corrected chi connectivity index (χ1v) is 8.58. The summed E-state index contributed by atoms with van der Waals surface area (Å²) in [6.07, 6.45) is 0.891. The van der Waals surface area contributed by atoms with Crippen LogP contribution in [0.25, 0.3) is 5.69 Å². The Labute approximate surface area is 126 Å². The molecule has 1 atom stereocenters. The highest BCUT2D eigenvalue weighted by atomic mass is 32.2. The van der Waals surface area contributed by atoms with E-state index in [1.165, 1.54) is 0 Å². The molecule has 1 aliphatic rings. The average Bonchev–Trinajstić information content (AvgIpc) is 2.81. The van der Waals surface area contributed by atoms with Gasteiger partial charge in [-0.3, -0.25) is 9.36 Å². The Bertz CT molecular complexity index is 682. The Morgan fingerprint density at radius 2 is 2.15 bits per heavy atom. The van der Waals surface area contributed by atoms with Gasteiger partial charge in [0.05, 0.1) is 16.3 Å². The Kier molecular flexibility index (Phi) is 3.89. The van der Waals surface area contributed by atoms with Gasteiger partial charge in [-0.25, -0.2) is 4.98 Å². The third kappa shape index (κ3) is 2.40. The van der Waals surface area contributed by atoms with Gasteiger partial charge in [-0.1, -0.05) is 43.8 Å². The SMILES string of the molecule is CCSc1nc2c(c(=O)n1-c1ccccc1)S[C@@H](C)C2. The quantitative estimate of drug-likeness (QED) is 0.643. The standard InChI is InChI=1S/C15H16N2OS2/c1-3-19-15-16-12-9-10(2)20-13(12)14(18)17(15)11-7-5-4-6-8-11/h4-8,10H,3,9H2,1-2H3/t10-/m0/s1. The first kappa shape index (κ1) is 13.8. The van der Waals surface area contributed by atoms with Crippen LogP contribution >= 0.6 is 23.5 Å². The molecule has 3 nitrogen and oxygen atoms in total. The third-order valence-electron chi connectivity index (χ3n) is 3.17. The van der Waals surface area contributed by atoms with Crippen LogP contribution in [0.1, 0.15) is 19.5 Å². The van der Waals surface area contributed by atoms with Crippen LogP contribution < -0.4 is 5.56 Å². The average molecular weight is 304 g/mol. The number of para-hydroxylation sites is 1. The minimum Gasteiger partial charge on any atom is -0.268 e. The summed E-state index contributed by atoms with van der Waals surface area (Å²) in [6, 6.07) is 9.77. The van der Waals surface area contributed by atoms with E-state index in [2.05, 4.69) is 13.8 Å². The normalized spacial score (nSPS) is 17.2. The summed E-state index contributed by atoms with van der Waals surface area (Å²) in [7, 11) is 0. The van der Waals surface area contributed by atoms with Crippen LogP contribution in [0.15, 0.2) is 45.2 Å². The van der Waals surface area contributed by atoms with E-state index in [4.69, 9.17) is 4.98 Å². The lowest BCUT2D eigenvalue weighted by molar-refractivity contribution is 0.731. The summed E-state index contributed by atoms with van der Waals surface area (Å²) in [5.74, 6) is 0.904. The topological polar surface area (TPSA) is 34.9 Å². The monoisotopic (exact) mass is 304 g/mol. The maximum atomic E-state index is 12.8. The van der Waals surface area contributed by atoms with Crippen LogP contribution in [-0.2, 0) is 6.42 Å². The van der Waals surface area contributed by atoms with Crippen LogP contribution in [0, 0.1) is 0 Å². The van der Waals surface area contributed by atoms with Gasteiger partial charge in [-0.15, -0.1) is 11.8 Å². The van der Waals surface area contributed by atoms with Gasteiger partial charge in [0.2, 0.25) is 0 Å². The van der Waals surface area contributed by atoms with E-state index in [1.807, 2.05) is 30.3 Å². The van der Waals surface area contributed by atoms with E-state index in [1.54, 1.807) is 28.1 Å². The maximum absolute atomic E-state index is 12.8. The lowest BCUT2D eigenvalue weighted by atomic mass is 10.2. The molecule has 0 spiro atoms. The van der Waals surface area contributed by atoms with Gasteiger partial charge in [0, 0.05) is 11.7 Å². The second kappa shape index (κ2) is 5.66. The molecule has 0 radical (unpaired) electrons. The highest BCUT2D eigenvalue weighted by molar-refractivity contribution is 8.00. The zero-order valence-corrected chi connectivity index (χ0v) is 13.1. The molecule has 0 bridgehead atoms. The number of hydrogen-bond acceptors (Lipinski definition) is 4. The highest BCUT2D eigenvalue weighted by Gasteiger charge is 2.26. The van der Waals surface area contributed by atoms with Crippen molar-refractivity contribution in [1.29, 1.82) is 0 Å². The molecule has 1 aromatic carbocycles. The van der Waals surface area contributed by atoms with Crippen molar-refractivity contribution in [1.82, 2.24) is 9.55 Å². The van der Waals surface area contributed by atoms with Crippen LogP contribution in [0.2, 0.25) is 0 Å². The first-order valence-electron chi connectivity index (χ1n) is 6.71. The zero-order chi connectivity index (χ0) is 14.1. The van der Waals surface area contributed by atoms with E-state index in [0.717, 1.165) is 33.6 Å². The predicted molar refractivity (Wildman–Crippen MR) is 85.3 cm³/mol. The van der Waals surface area contributed by atoms with E-state index < -0.39 is 0 Å². The van der Waals surface area contributed by atoms with Crippen molar-refractivity contribution in [2.75, 3.05) is 5.75 Å². The first-order chi connectivity index (χ1) is 9.70. The fraction of sp³-hybridized carbons (Fsp3) is 0.333. The number of rotatable bonds is 3. The molecule has 0 amide bonds. The van der Waals surface area contributed by atoms with Crippen molar-refractivity contribution in [3.05, 3.63) is 46.4 Å². The van der Waals surface area contributed by atoms with Crippen LogP contribution in [0.5, 0.6) is 0 Å². The molecule has 2 heterocycles. The van der Waals surface area contributed by atoms with Crippen molar-refractivity contribution >= 4 is 23.5 Å². The fourth-order valence-electron chi connectivity index (χ4n) is 2.33. The Morgan fingerprint density at radius 3 is 2.85 bits per heavy atom. The number of hydrogen-bond donors (Lipinski definition) is 0. The van der Waals surface area contributed by atoms with Crippen molar-refractivity contribution in [3.63, 3.8) is 0 Å². The molecule has 0 saturated carbocycles. The molecule has 1 aromatic heterocycles. The Hall–Kier alpha value is -1.20. The number of nitrogens with zero attached hydrogens (tertiary/aromatic N) is 2. The molecule has 0 fully saturated rings. The molecule has 2 aromatic rings. The minimum atomic E-state index is 0.0755. The number of fused-ring (bicyclic) bond motifs is 1. The van der Waals surface area contributed by atoms with E-state index in [9.17, 15) is 4.79 Å². The lowest BCUT2D eigenvalue weighted by Crippen LogP contribution is -2.23.